The number of aliphatic hydroxyl groups excluding tert-OH is 1. The van der Waals surface area contributed by atoms with Crippen molar-refractivity contribution in [2.45, 2.75) is 50.5 Å². The van der Waals surface area contributed by atoms with E-state index >= 15 is 0 Å². The molecule has 1 saturated heterocycles. The van der Waals surface area contributed by atoms with Crippen molar-refractivity contribution in [2.24, 2.45) is 5.73 Å². The zero-order chi connectivity index (χ0) is 29.8. The van der Waals surface area contributed by atoms with Crippen molar-refractivity contribution in [1.82, 2.24) is 4.90 Å². The summed E-state index contributed by atoms with van der Waals surface area (Å²) in [5.41, 5.74) is 13.5. The Kier molecular flexibility index (Phi) is 9.07. The topological polar surface area (TPSA) is 86.4 Å². The van der Waals surface area contributed by atoms with Crippen LogP contribution >= 0.6 is 0 Å². The van der Waals surface area contributed by atoms with E-state index in [-0.39, 0.29) is 24.7 Å². The normalized spacial score (nSPS) is 22.1. The van der Waals surface area contributed by atoms with Gasteiger partial charge in [-0.2, -0.15) is 0 Å². The molecule has 0 bridgehead atoms. The van der Waals surface area contributed by atoms with Crippen LogP contribution in [0.15, 0.2) is 91.0 Å². The van der Waals surface area contributed by atoms with Gasteiger partial charge in [0.1, 0.15) is 0 Å². The molecule has 0 radical (unpaired) electrons. The van der Waals surface area contributed by atoms with Gasteiger partial charge in [0, 0.05) is 37.7 Å². The molecule has 2 heterocycles. The molecule has 4 aromatic rings. The molecular weight excluding hydrogens is 540 g/mol. The number of methoxy groups -OCH3 is 2. The van der Waals surface area contributed by atoms with Gasteiger partial charge >= 0.3 is 0 Å². The average Bonchev–Trinajstić information content (AvgIpc) is 3.07. The Hall–Kier alpha value is -3.72. The van der Waals surface area contributed by atoms with Crippen molar-refractivity contribution in [3.63, 3.8) is 0 Å². The molecule has 1 fully saturated rings. The number of hydrogen-bond donors (Lipinski definition) is 2. The third-order valence-corrected chi connectivity index (χ3v) is 8.69. The van der Waals surface area contributed by atoms with E-state index < -0.39 is 6.29 Å². The quantitative estimate of drug-likeness (QED) is 0.265. The molecule has 43 heavy (non-hydrogen) atoms. The summed E-state index contributed by atoms with van der Waals surface area (Å²) in [7, 11) is 3.36. The summed E-state index contributed by atoms with van der Waals surface area (Å²) in [6.07, 6.45) is -0.0277. The lowest BCUT2D eigenvalue weighted by molar-refractivity contribution is -0.263. The first-order valence-corrected chi connectivity index (χ1v) is 14.9. The SMILES string of the molecule is COc1cc2c(cc1OC)CN(CC1OC(c3ccc(CN)cc3)OC(c3ccc(CO)cc3)C1c1ccccc1)CC2. The number of aliphatic hydroxyl groups is 1. The second-order valence-corrected chi connectivity index (χ2v) is 11.3. The molecule has 4 atom stereocenters. The third-order valence-electron chi connectivity index (χ3n) is 8.69. The van der Waals surface area contributed by atoms with E-state index in [2.05, 4.69) is 65.6 Å². The molecule has 2 aliphatic heterocycles. The summed E-state index contributed by atoms with van der Waals surface area (Å²) < 4.78 is 24.9. The predicted octanol–water partition coefficient (Wildman–Crippen LogP) is 5.65. The Bertz CT molecular complexity index is 1490. The minimum absolute atomic E-state index is 0.00284. The largest absolute Gasteiger partial charge is 0.493 e. The summed E-state index contributed by atoms with van der Waals surface area (Å²) >= 11 is 0. The second kappa shape index (κ2) is 13.3. The van der Waals surface area contributed by atoms with Crippen LogP contribution in [0.1, 0.15) is 57.3 Å². The van der Waals surface area contributed by atoms with E-state index in [0.29, 0.717) is 6.54 Å². The summed E-state index contributed by atoms with van der Waals surface area (Å²) in [5.74, 6) is 1.47. The van der Waals surface area contributed by atoms with E-state index in [9.17, 15) is 5.11 Å². The molecule has 0 spiro atoms. The van der Waals surface area contributed by atoms with Crippen molar-refractivity contribution in [3.8, 4) is 11.5 Å². The highest BCUT2D eigenvalue weighted by molar-refractivity contribution is 5.48. The van der Waals surface area contributed by atoms with Crippen LogP contribution in [0, 0.1) is 0 Å². The standard InChI is InChI=1S/C36H40N2O5/c1-40-31-18-29-16-17-38(21-30(29)19-32(31)41-2)22-33-34(26-6-4-3-5-7-26)35(27-12-10-25(23-39)11-13-27)43-36(42-33)28-14-8-24(20-37)9-15-28/h3-15,18-19,33-36,39H,16-17,20-23,37H2,1-2H3. The van der Waals surface area contributed by atoms with Gasteiger partial charge in [0.2, 0.25) is 0 Å². The highest BCUT2D eigenvalue weighted by Gasteiger charge is 2.42. The van der Waals surface area contributed by atoms with Gasteiger partial charge in [0.05, 0.1) is 33.0 Å². The maximum Gasteiger partial charge on any atom is 0.184 e. The molecule has 7 heteroatoms. The summed E-state index contributed by atoms with van der Waals surface area (Å²) in [5, 5.41) is 9.68. The van der Waals surface area contributed by atoms with Crippen molar-refractivity contribution in [2.75, 3.05) is 27.3 Å². The fourth-order valence-electron chi connectivity index (χ4n) is 6.33. The molecule has 224 valence electrons. The number of rotatable bonds is 9. The van der Waals surface area contributed by atoms with Gasteiger partial charge in [-0.15, -0.1) is 0 Å². The zero-order valence-electron chi connectivity index (χ0n) is 24.8. The Balaban J connectivity index is 1.36. The van der Waals surface area contributed by atoms with E-state index in [1.165, 1.54) is 16.7 Å². The predicted molar refractivity (Wildman–Crippen MR) is 166 cm³/mol. The highest BCUT2D eigenvalue weighted by atomic mass is 16.7. The minimum Gasteiger partial charge on any atom is -0.493 e. The monoisotopic (exact) mass is 580 g/mol. The average molecular weight is 581 g/mol. The van der Waals surface area contributed by atoms with Crippen LogP contribution in [0.5, 0.6) is 11.5 Å². The molecule has 7 nitrogen and oxygen atoms in total. The Morgan fingerprint density at radius 1 is 0.791 bits per heavy atom. The van der Waals surface area contributed by atoms with Crippen LogP contribution in [0.2, 0.25) is 0 Å². The molecular formula is C36H40N2O5. The molecule has 0 aliphatic carbocycles. The summed E-state index contributed by atoms with van der Waals surface area (Å²) in [4.78, 5) is 2.47. The van der Waals surface area contributed by atoms with Crippen molar-refractivity contribution in [1.29, 1.82) is 0 Å². The maximum atomic E-state index is 9.68. The van der Waals surface area contributed by atoms with Crippen molar-refractivity contribution < 1.29 is 24.1 Å². The van der Waals surface area contributed by atoms with Crippen LogP contribution in [0.25, 0.3) is 0 Å². The second-order valence-electron chi connectivity index (χ2n) is 11.3. The van der Waals surface area contributed by atoms with Gasteiger partial charge in [-0.25, -0.2) is 0 Å². The summed E-state index contributed by atoms with van der Waals surface area (Å²) in [6.45, 7) is 2.93. The molecule has 0 aromatic heterocycles. The zero-order valence-corrected chi connectivity index (χ0v) is 24.8. The number of benzene rings is 4. The Morgan fingerprint density at radius 3 is 2.09 bits per heavy atom. The van der Waals surface area contributed by atoms with Crippen molar-refractivity contribution in [3.05, 3.63) is 130 Å². The smallest absolute Gasteiger partial charge is 0.184 e. The van der Waals surface area contributed by atoms with Crippen LogP contribution in [0.4, 0.5) is 0 Å². The van der Waals surface area contributed by atoms with E-state index in [4.69, 9.17) is 24.7 Å². The van der Waals surface area contributed by atoms with E-state index in [1.807, 2.05) is 30.3 Å². The van der Waals surface area contributed by atoms with Crippen LogP contribution in [-0.2, 0) is 35.6 Å². The number of ether oxygens (including phenoxy) is 4. The first-order valence-electron chi connectivity index (χ1n) is 14.9. The van der Waals surface area contributed by atoms with Gasteiger partial charge in [0.15, 0.2) is 17.8 Å². The Morgan fingerprint density at radius 2 is 1.44 bits per heavy atom. The van der Waals surface area contributed by atoms with Gasteiger partial charge in [-0.05, 0) is 51.9 Å². The minimum atomic E-state index is -0.541. The number of nitrogens with two attached hydrogens (primary N) is 1. The third kappa shape index (κ3) is 6.32. The molecule has 0 amide bonds. The molecule has 2 aliphatic rings. The van der Waals surface area contributed by atoms with Gasteiger partial charge in [-0.1, -0.05) is 78.9 Å². The first-order chi connectivity index (χ1) is 21.1. The molecule has 6 rings (SSSR count). The first kappa shape index (κ1) is 29.4. The number of fused-ring (bicyclic) bond motifs is 1. The van der Waals surface area contributed by atoms with Crippen LogP contribution < -0.4 is 15.2 Å². The van der Waals surface area contributed by atoms with Crippen molar-refractivity contribution >= 4 is 0 Å². The fraction of sp³-hybridized carbons (Fsp3) is 0.333. The number of hydrogen-bond acceptors (Lipinski definition) is 7. The summed E-state index contributed by atoms with van der Waals surface area (Å²) in [6, 6.07) is 31.0. The van der Waals surface area contributed by atoms with Crippen LogP contribution in [-0.4, -0.2) is 43.4 Å². The van der Waals surface area contributed by atoms with Crippen LogP contribution in [0.3, 0.4) is 0 Å². The van der Waals surface area contributed by atoms with E-state index in [0.717, 1.165) is 59.8 Å². The number of nitrogens with zero attached hydrogens (tertiary/aromatic N) is 1. The lowest BCUT2D eigenvalue weighted by Gasteiger charge is -2.45. The van der Waals surface area contributed by atoms with Gasteiger partial charge in [0.25, 0.3) is 0 Å². The lowest BCUT2D eigenvalue weighted by atomic mass is 9.82. The van der Waals surface area contributed by atoms with Gasteiger partial charge in [-0.3, -0.25) is 4.90 Å². The Labute approximate surface area is 253 Å². The van der Waals surface area contributed by atoms with E-state index in [1.54, 1.807) is 14.2 Å². The van der Waals surface area contributed by atoms with Gasteiger partial charge < -0.3 is 29.8 Å². The highest BCUT2D eigenvalue weighted by Crippen LogP contribution is 2.47. The maximum absolute atomic E-state index is 9.68. The fourth-order valence-corrected chi connectivity index (χ4v) is 6.33. The molecule has 0 saturated carbocycles. The molecule has 4 aromatic carbocycles. The molecule has 4 unspecified atom stereocenters. The molecule has 3 N–H and O–H groups in total. The lowest BCUT2D eigenvalue weighted by Crippen LogP contribution is -2.45.